The molecule has 0 aliphatic carbocycles. The normalized spacial score (nSPS) is 22.3. The zero-order chi connectivity index (χ0) is 18.9. The number of halogens is 3. The van der Waals surface area contributed by atoms with Crippen molar-refractivity contribution in [3.8, 4) is 5.75 Å². The summed E-state index contributed by atoms with van der Waals surface area (Å²) in [7, 11) is -3.86. The van der Waals surface area contributed by atoms with Gasteiger partial charge >= 0.3 is 12.4 Å². The molecule has 1 aromatic carbocycles. The number of nitrogens with zero attached hydrogens (tertiary/aromatic N) is 2. The van der Waals surface area contributed by atoms with Crippen molar-refractivity contribution in [2.75, 3.05) is 26.2 Å². The van der Waals surface area contributed by atoms with Crippen molar-refractivity contribution in [3.63, 3.8) is 0 Å². The van der Waals surface area contributed by atoms with Gasteiger partial charge in [-0.3, -0.25) is 0 Å². The lowest BCUT2D eigenvalue weighted by atomic mass is 10.1. The van der Waals surface area contributed by atoms with Crippen molar-refractivity contribution in [3.05, 3.63) is 24.3 Å². The highest BCUT2D eigenvalue weighted by Gasteiger charge is 2.36. The van der Waals surface area contributed by atoms with Crippen molar-refractivity contribution < 1.29 is 31.1 Å². The fraction of sp³-hybridized carbons (Fsp3) is 0.533. The largest absolute Gasteiger partial charge is 0.573 e. The number of sulfonamides is 1. The second kappa shape index (κ2) is 6.95. The molecule has 0 spiro atoms. The van der Waals surface area contributed by atoms with E-state index in [2.05, 4.69) is 10.1 Å². The molecule has 26 heavy (non-hydrogen) atoms. The van der Waals surface area contributed by atoms with Gasteiger partial charge in [0, 0.05) is 32.2 Å². The van der Waals surface area contributed by atoms with E-state index >= 15 is 0 Å². The molecule has 2 amide bonds. The Bertz CT molecular complexity index is 767. The van der Waals surface area contributed by atoms with E-state index in [9.17, 15) is 26.4 Å². The summed E-state index contributed by atoms with van der Waals surface area (Å²) in [5.74, 6) is -0.485. The van der Waals surface area contributed by atoms with Crippen molar-refractivity contribution in [2.45, 2.75) is 30.1 Å². The van der Waals surface area contributed by atoms with Gasteiger partial charge in [-0.25, -0.2) is 13.2 Å². The quantitative estimate of drug-likeness (QED) is 0.846. The second-order valence-electron chi connectivity index (χ2n) is 6.10. The Morgan fingerprint density at radius 1 is 1.15 bits per heavy atom. The number of ether oxygens (including phenoxy) is 1. The van der Waals surface area contributed by atoms with Gasteiger partial charge in [-0.2, -0.15) is 4.31 Å². The molecule has 0 saturated carbocycles. The molecule has 2 saturated heterocycles. The lowest BCUT2D eigenvalue weighted by Gasteiger charge is -2.36. The Morgan fingerprint density at radius 2 is 1.85 bits per heavy atom. The van der Waals surface area contributed by atoms with Gasteiger partial charge in [0.25, 0.3) is 0 Å². The van der Waals surface area contributed by atoms with Crippen molar-refractivity contribution in [1.82, 2.24) is 14.5 Å². The number of hydrogen-bond donors (Lipinski definition) is 1. The number of amides is 2. The van der Waals surface area contributed by atoms with E-state index in [0.717, 1.165) is 24.3 Å². The molecule has 2 heterocycles. The van der Waals surface area contributed by atoms with E-state index in [1.54, 1.807) is 4.90 Å². The van der Waals surface area contributed by atoms with Crippen LogP contribution >= 0.6 is 0 Å². The topological polar surface area (TPSA) is 79.0 Å². The zero-order valence-corrected chi connectivity index (χ0v) is 14.5. The molecular weight excluding hydrogens is 375 g/mol. The third-order valence-corrected chi connectivity index (χ3v) is 6.26. The van der Waals surface area contributed by atoms with Crippen LogP contribution in [-0.4, -0.2) is 62.2 Å². The van der Waals surface area contributed by atoms with Crippen LogP contribution in [0.2, 0.25) is 0 Å². The van der Waals surface area contributed by atoms with E-state index < -0.39 is 22.1 Å². The lowest BCUT2D eigenvalue weighted by molar-refractivity contribution is -0.274. The monoisotopic (exact) mass is 393 g/mol. The van der Waals surface area contributed by atoms with Crippen LogP contribution in [0.4, 0.5) is 18.0 Å². The number of piperidine rings is 1. The van der Waals surface area contributed by atoms with Crippen LogP contribution in [0, 0.1) is 0 Å². The van der Waals surface area contributed by atoms with Gasteiger partial charge in [0.05, 0.1) is 4.90 Å². The molecule has 2 aliphatic heterocycles. The van der Waals surface area contributed by atoms with Crippen LogP contribution in [0.15, 0.2) is 29.2 Å². The van der Waals surface area contributed by atoms with Crippen LogP contribution in [0.25, 0.3) is 0 Å². The van der Waals surface area contributed by atoms with Crippen LogP contribution in [-0.2, 0) is 10.0 Å². The maximum Gasteiger partial charge on any atom is 0.573 e. The SMILES string of the molecule is O=C1NCCN1C1CCCN(S(=O)(=O)c2ccc(OC(F)(F)F)cc2)C1. The Balaban J connectivity index is 1.73. The summed E-state index contributed by atoms with van der Waals surface area (Å²) < 4.78 is 67.2. The van der Waals surface area contributed by atoms with E-state index in [0.29, 0.717) is 32.5 Å². The average Bonchev–Trinajstić information content (AvgIpc) is 3.00. The summed E-state index contributed by atoms with van der Waals surface area (Å²) in [6.45, 7) is 1.52. The summed E-state index contributed by atoms with van der Waals surface area (Å²) in [5, 5.41) is 2.69. The third kappa shape index (κ3) is 4.04. The predicted molar refractivity (Wildman–Crippen MR) is 85.0 cm³/mol. The number of alkyl halides is 3. The fourth-order valence-corrected chi connectivity index (χ4v) is 4.71. The molecule has 11 heteroatoms. The fourth-order valence-electron chi connectivity index (χ4n) is 3.19. The van der Waals surface area contributed by atoms with Gasteiger partial charge in [-0.05, 0) is 37.1 Å². The van der Waals surface area contributed by atoms with Gasteiger partial charge in [-0.1, -0.05) is 0 Å². The molecule has 1 N–H and O–H groups in total. The van der Waals surface area contributed by atoms with Gasteiger partial charge in [0.15, 0.2) is 0 Å². The molecule has 144 valence electrons. The average molecular weight is 393 g/mol. The minimum absolute atomic E-state index is 0.112. The lowest BCUT2D eigenvalue weighted by Crippen LogP contribution is -2.50. The first kappa shape index (κ1) is 18.8. The maximum absolute atomic E-state index is 12.8. The van der Waals surface area contributed by atoms with E-state index in [-0.39, 0.29) is 23.5 Å². The predicted octanol–water partition coefficient (Wildman–Crippen LogP) is 1.76. The van der Waals surface area contributed by atoms with E-state index in [4.69, 9.17) is 0 Å². The van der Waals surface area contributed by atoms with Gasteiger partial charge in [0.2, 0.25) is 10.0 Å². The number of hydrogen-bond acceptors (Lipinski definition) is 4. The molecule has 1 atom stereocenters. The Morgan fingerprint density at radius 3 is 2.42 bits per heavy atom. The molecule has 0 bridgehead atoms. The highest BCUT2D eigenvalue weighted by atomic mass is 32.2. The number of nitrogens with one attached hydrogen (secondary N) is 1. The van der Waals surface area contributed by atoms with Gasteiger partial charge in [0.1, 0.15) is 5.75 Å². The Kier molecular flexibility index (Phi) is 5.02. The molecule has 2 fully saturated rings. The van der Waals surface area contributed by atoms with Crippen molar-refractivity contribution in [2.24, 2.45) is 0 Å². The molecule has 0 radical (unpaired) electrons. The van der Waals surface area contributed by atoms with Crippen LogP contribution < -0.4 is 10.1 Å². The molecule has 1 aromatic rings. The Labute approximate surface area is 148 Å². The minimum Gasteiger partial charge on any atom is -0.406 e. The first-order valence-electron chi connectivity index (χ1n) is 8.07. The number of rotatable bonds is 4. The van der Waals surface area contributed by atoms with Gasteiger partial charge < -0.3 is 15.0 Å². The molecule has 2 aliphatic rings. The van der Waals surface area contributed by atoms with Crippen LogP contribution in [0.5, 0.6) is 5.75 Å². The molecular formula is C15H18F3N3O4S. The number of urea groups is 1. The summed E-state index contributed by atoms with van der Waals surface area (Å²) in [5.41, 5.74) is 0. The standard InChI is InChI=1S/C15H18F3N3O4S/c16-15(17,18)25-12-3-5-13(6-4-12)26(23,24)20-8-1-2-11(10-20)21-9-7-19-14(21)22/h3-6,11H,1-2,7-10H2,(H,19,22). The van der Waals surface area contributed by atoms with Gasteiger partial charge in [-0.15, -0.1) is 13.2 Å². The smallest absolute Gasteiger partial charge is 0.406 e. The number of carbonyl (C=O) groups excluding carboxylic acids is 1. The molecule has 3 rings (SSSR count). The first-order valence-corrected chi connectivity index (χ1v) is 9.51. The van der Waals surface area contributed by atoms with E-state index in [1.807, 2.05) is 0 Å². The number of carbonyl (C=O) groups is 1. The molecule has 7 nitrogen and oxygen atoms in total. The highest BCUT2D eigenvalue weighted by molar-refractivity contribution is 7.89. The van der Waals surface area contributed by atoms with Crippen LogP contribution in [0.1, 0.15) is 12.8 Å². The zero-order valence-electron chi connectivity index (χ0n) is 13.7. The van der Waals surface area contributed by atoms with Crippen molar-refractivity contribution >= 4 is 16.1 Å². The van der Waals surface area contributed by atoms with Crippen LogP contribution in [0.3, 0.4) is 0 Å². The first-order chi connectivity index (χ1) is 12.2. The minimum atomic E-state index is -4.84. The number of benzene rings is 1. The molecule has 0 aromatic heterocycles. The van der Waals surface area contributed by atoms with E-state index in [1.165, 1.54) is 4.31 Å². The summed E-state index contributed by atoms with van der Waals surface area (Å²) in [4.78, 5) is 13.3. The summed E-state index contributed by atoms with van der Waals surface area (Å²) in [6, 6.07) is 3.69. The maximum atomic E-state index is 12.8. The Hall–Kier alpha value is -2.01. The summed E-state index contributed by atoms with van der Waals surface area (Å²) in [6.07, 6.45) is -3.53. The van der Waals surface area contributed by atoms with Crippen molar-refractivity contribution in [1.29, 1.82) is 0 Å². The molecule has 1 unspecified atom stereocenters. The highest BCUT2D eigenvalue weighted by Crippen LogP contribution is 2.27. The second-order valence-corrected chi connectivity index (χ2v) is 8.04. The third-order valence-electron chi connectivity index (χ3n) is 4.38. The summed E-state index contributed by atoms with van der Waals surface area (Å²) >= 11 is 0.